The molecular weight excluding hydrogens is 474 g/mol. The molecule has 0 aromatic heterocycles. The van der Waals surface area contributed by atoms with E-state index in [-0.39, 0.29) is 18.5 Å². The molecule has 2 aromatic carbocycles. The van der Waals surface area contributed by atoms with Crippen LogP contribution >= 0.6 is 11.6 Å². The summed E-state index contributed by atoms with van der Waals surface area (Å²) in [5.41, 5.74) is 2.77. The summed E-state index contributed by atoms with van der Waals surface area (Å²) in [7, 11) is -3.81. The summed E-state index contributed by atoms with van der Waals surface area (Å²) in [6, 6.07) is 11.7. The Balaban J connectivity index is 2.49. The van der Waals surface area contributed by atoms with E-state index in [2.05, 4.69) is 5.32 Å². The second-order valence-electron chi connectivity index (χ2n) is 8.75. The molecule has 0 fully saturated rings. The van der Waals surface area contributed by atoms with Gasteiger partial charge in [-0.3, -0.25) is 13.9 Å². The first-order valence-electron chi connectivity index (χ1n) is 11.2. The lowest BCUT2D eigenvalue weighted by molar-refractivity contribution is -0.140. The molecule has 34 heavy (non-hydrogen) atoms. The summed E-state index contributed by atoms with van der Waals surface area (Å²) >= 11 is 6.22. The van der Waals surface area contributed by atoms with E-state index in [1.165, 1.54) is 4.90 Å². The number of halogens is 1. The molecule has 0 heterocycles. The highest BCUT2D eigenvalue weighted by Crippen LogP contribution is 2.28. The molecule has 2 aromatic rings. The Bertz CT molecular complexity index is 1130. The monoisotopic (exact) mass is 507 g/mol. The fraction of sp³-hybridized carbons (Fsp3) is 0.440. The van der Waals surface area contributed by atoms with Crippen LogP contribution in [-0.2, 0) is 26.2 Å². The van der Waals surface area contributed by atoms with E-state index >= 15 is 0 Å². The third-order valence-corrected chi connectivity index (χ3v) is 6.98. The molecule has 2 amide bonds. The number of carbonyl (C=O) groups excluding carboxylic acids is 2. The minimum Gasteiger partial charge on any atom is -0.352 e. The molecular formula is C25H34ClN3O4S. The molecule has 1 N–H and O–H groups in total. The van der Waals surface area contributed by atoms with E-state index in [0.717, 1.165) is 21.7 Å². The molecule has 2 rings (SSSR count). The van der Waals surface area contributed by atoms with Gasteiger partial charge in [0.05, 0.1) is 11.9 Å². The van der Waals surface area contributed by atoms with E-state index in [4.69, 9.17) is 11.6 Å². The average Bonchev–Trinajstić information content (AvgIpc) is 2.72. The van der Waals surface area contributed by atoms with Gasteiger partial charge in [-0.1, -0.05) is 54.4 Å². The summed E-state index contributed by atoms with van der Waals surface area (Å²) < 4.78 is 26.5. The highest BCUT2D eigenvalue weighted by molar-refractivity contribution is 7.92. The van der Waals surface area contributed by atoms with Crippen molar-refractivity contribution in [3.05, 3.63) is 64.2 Å². The molecule has 0 radical (unpaired) electrons. The molecule has 0 aliphatic rings. The van der Waals surface area contributed by atoms with Crippen LogP contribution in [-0.4, -0.2) is 50.0 Å². The molecule has 1 atom stereocenters. The van der Waals surface area contributed by atoms with Gasteiger partial charge in [0, 0.05) is 17.6 Å². The summed E-state index contributed by atoms with van der Waals surface area (Å²) in [5, 5.41) is 3.28. The van der Waals surface area contributed by atoms with Gasteiger partial charge >= 0.3 is 0 Å². The molecule has 0 saturated carbocycles. The second kappa shape index (κ2) is 11.7. The number of hydrogen-bond acceptors (Lipinski definition) is 4. The molecule has 0 spiro atoms. The number of benzene rings is 2. The zero-order valence-corrected chi connectivity index (χ0v) is 22.2. The minimum atomic E-state index is -3.81. The molecule has 0 bridgehead atoms. The Morgan fingerprint density at radius 1 is 1.09 bits per heavy atom. The zero-order chi connectivity index (χ0) is 25.6. The van der Waals surface area contributed by atoms with E-state index in [0.29, 0.717) is 22.7 Å². The van der Waals surface area contributed by atoms with Crippen molar-refractivity contribution >= 4 is 39.1 Å². The van der Waals surface area contributed by atoms with Crippen molar-refractivity contribution in [3.63, 3.8) is 0 Å². The number of anilines is 1. The van der Waals surface area contributed by atoms with Gasteiger partial charge in [-0.05, 0) is 57.4 Å². The second-order valence-corrected chi connectivity index (χ2v) is 11.1. The highest BCUT2D eigenvalue weighted by Gasteiger charge is 2.32. The first kappa shape index (κ1) is 27.7. The number of hydrogen-bond donors (Lipinski definition) is 1. The maximum Gasteiger partial charge on any atom is 0.244 e. The van der Waals surface area contributed by atoms with Crippen LogP contribution in [0.5, 0.6) is 0 Å². The number of aryl methyl sites for hydroxylation is 1. The van der Waals surface area contributed by atoms with E-state index < -0.39 is 28.5 Å². The van der Waals surface area contributed by atoms with Gasteiger partial charge in [-0.25, -0.2) is 8.42 Å². The van der Waals surface area contributed by atoms with Crippen LogP contribution in [0, 0.1) is 13.8 Å². The lowest BCUT2D eigenvalue weighted by atomic mass is 10.1. The smallest absolute Gasteiger partial charge is 0.244 e. The van der Waals surface area contributed by atoms with Crippen LogP contribution in [0.1, 0.15) is 43.9 Å². The Labute approximate surface area is 208 Å². The number of nitrogens with one attached hydrogen (secondary N) is 1. The van der Waals surface area contributed by atoms with Gasteiger partial charge in [0.15, 0.2) is 0 Å². The molecule has 186 valence electrons. The lowest BCUT2D eigenvalue weighted by Crippen LogP contribution is -2.53. The standard InChI is InChI=1S/C25H34ClN3O4S/c1-7-22(25(31)27-17(2)3)28(15-20-11-8-10-18(4)14-20)24(30)16-29(34(6,32)33)23-13-9-12-21(26)19(23)5/h8-14,17,22H,7,15-16H2,1-6H3,(H,27,31)/t22-/m1/s1. The van der Waals surface area contributed by atoms with Crippen molar-refractivity contribution < 1.29 is 18.0 Å². The van der Waals surface area contributed by atoms with Crippen LogP contribution in [0.15, 0.2) is 42.5 Å². The number of carbonyl (C=O) groups is 2. The predicted molar refractivity (Wildman–Crippen MR) is 137 cm³/mol. The number of sulfonamides is 1. The SMILES string of the molecule is CC[C@H](C(=O)NC(C)C)N(Cc1cccc(C)c1)C(=O)CN(c1cccc(Cl)c1C)S(C)(=O)=O. The van der Waals surface area contributed by atoms with Gasteiger partial charge in [0.2, 0.25) is 21.8 Å². The van der Waals surface area contributed by atoms with Crippen molar-refractivity contribution in [2.75, 3.05) is 17.1 Å². The van der Waals surface area contributed by atoms with Crippen molar-refractivity contribution in [2.45, 2.75) is 59.7 Å². The van der Waals surface area contributed by atoms with Gasteiger partial charge < -0.3 is 10.2 Å². The first-order chi connectivity index (χ1) is 15.8. The quantitative estimate of drug-likeness (QED) is 0.525. The lowest BCUT2D eigenvalue weighted by Gasteiger charge is -2.33. The fourth-order valence-electron chi connectivity index (χ4n) is 3.77. The average molecular weight is 508 g/mol. The summed E-state index contributed by atoms with van der Waals surface area (Å²) in [4.78, 5) is 28.1. The Hall–Kier alpha value is -2.58. The number of amides is 2. The Morgan fingerprint density at radius 2 is 1.74 bits per heavy atom. The minimum absolute atomic E-state index is 0.0981. The van der Waals surface area contributed by atoms with Gasteiger partial charge in [0.25, 0.3) is 0 Å². The van der Waals surface area contributed by atoms with Crippen molar-refractivity contribution in [3.8, 4) is 0 Å². The molecule has 7 nitrogen and oxygen atoms in total. The third-order valence-electron chi connectivity index (χ3n) is 5.44. The van der Waals surface area contributed by atoms with Gasteiger partial charge in [-0.2, -0.15) is 0 Å². The van der Waals surface area contributed by atoms with E-state index in [9.17, 15) is 18.0 Å². The molecule has 9 heteroatoms. The van der Waals surface area contributed by atoms with Crippen LogP contribution in [0.2, 0.25) is 5.02 Å². The van der Waals surface area contributed by atoms with Crippen molar-refractivity contribution in [1.29, 1.82) is 0 Å². The zero-order valence-electron chi connectivity index (χ0n) is 20.6. The Kier molecular flexibility index (Phi) is 9.53. The van der Waals surface area contributed by atoms with E-state index in [1.807, 2.05) is 52.0 Å². The largest absolute Gasteiger partial charge is 0.352 e. The first-order valence-corrected chi connectivity index (χ1v) is 13.5. The molecule has 0 aliphatic carbocycles. The summed E-state index contributed by atoms with van der Waals surface area (Å²) in [5.74, 6) is -0.750. The van der Waals surface area contributed by atoms with Crippen LogP contribution in [0.3, 0.4) is 0 Å². The van der Waals surface area contributed by atoms with Crippen LogP contribution in [0.4, 0.5) is 5.69 Å². The maximum atomic E-state index is 13.7. The number of rotatable bonds is 10. The summed E-state index contributed by atoms with van der Waals surface area (Å²) in [6.45, 7) is 8.92. The normalized spacial score (nSPS) is 12.4. The van der Waals surface area contributed by atoms with Gasteiger partial charge in [0.1, 0.15) is 12.6 Å². The van der Waals surface area contributed by atoms with Crippen molar-refractivity contribution in [2.24, 2.45) is 0 Å². The van der Waals surface area contributed by atoms with Crippen LogP contribution in [0.25, 0.3) is 0 Å². The highest BCUT2D eigenvalue weighted by atomic mass is 35.5. The van der Waals surface area contributed by atoms with E-state index in [1.54, 1.807) is 25.1 Å². The molecule has 0 aliphatic heterocycles. The van der Waals surface area contributed by atoms with Crippen molar-refractivity contribution in [1.82, 2.24) is 10.2 Å². The summed E-state index contributed by atoms with van der Waals surface area (Å²) in [6.07, 6.45) is 1.43. The predicted octanol–water partition coefficient (Wildman–Crippen LogP) is 4.05. The topological polar surface area (TPSA) is 86.8 Å². The van der Waals surface area contributed by atoms with Crippen LogP contribution < -0.4 is 9.62 Å². The Morgan fingerprint density at radius 3 is 2.29 bits per heavy atom. The fourth-order valence-corrected chi connectivity index (χ4v) is 4.84. The molecule has 0 unspecified atom stereocenters. The third kappa shape index (κ3) is 7.21. The maximum absolute atomic E-state index is 13.7. The molecule has 0 saturated heterocycles. The van der Waals surface area contributed by atoms with Gasteiger partial charge in [-0.15, -0.1) is 0 Å². The number of nitrogens with zero attached hydrogens (tertiary/aromatic N) is 2.